The van der Waals surface area contributed by atoms with E-state index in [0.29, 0.717) is 31.9 Å². The average molecular weight is 558 g/mol. The molecule has 1 aliphatic rings. The Kier molecular flexibility index (Phi) is 11.2. The minimum absolute atomic E-state index is 0.0457. The molecule has 1 fully saturated rings. The van der Waals surface area contributed by atoms with Gasteiger partial charge in [-0.25, -0.2) is 8.42 Å². The summed E-state index contributed by atoms with van der Waals surface area (Å²) in [5.41, 5.74) is 1.28. The molecule has 2 aromatic carbocycles. The molecule has 2 aromatic rings. The Morgan fingerprint density at radius 3 is 2.15 bits per heavy atom. The molecule has 3 rings (SSSR count). The van der Waals surface area contributed by atoms with Crippen molar-refractivity contribution in [2.45, 2.75) is 31.1 Å². The Morgan fingerprint density at radius 2 is 1.54 bits per heavy atom. The molecule has 0 radical (unpaired) electrons. The van der Waals surface area contributed by atoms with Crippen molar-refractivity contribution in [1.82, 2.24) is 15.5 Å². The van der Waals surface area contributed by atoms with Crippen LogP contribution in [0.5, 0.6) is 0 Å². The number of amides is 3. The van der Waals surface area contributed by atoms with E-state index in [-0.39, 0.29) is 38.3 Å². The highest BCUT2D eigenvalue weighted by atomic mass is 32.2. The number of Topliss-reactive ketones (excluding diaryl/α,β-unsaturated/α-hetero) is 1. The first-order chi connectivity index (χ1) is 18.7. The molecule has 1 aliphatic heterocycles. The molecule has 210 valence electrons. The second kappa shape index (κ2) is 14.5. The van der Waals surface area contributed by atoms with E-state index in [9.17, 15) is 27.6 Å². The van der Waals surface area contributed by atoms with Gasteiger partial charge in [-0.3, -0.25) is 19.2 Å². The van der Waals surface area contributed by atoms with Crippen molar-refractivity contribution >= 4 is 33.3 Å². The number of nitrogens with zero attached hydrogens (tertiary/aromatic N) is 1. The molecule has 0 aliphatic carbocycles. The highest BCUT2D eigenvalue weighted by Gasteiger charge is 2.39. The fraction of sp³-hybridized carbons (Fsp3) is 0.429. The number of sulfone groups is 1. The van der Waals surface area contributed by atoms with E-state index >= 15 is 0 Å². The number of hydrogen-bond donors (Lipinski definition) is 2. The smallest absolute Gasteiger partial charge is 0.287 e. The van der Waals surface area contributed by atoms with Gasteiger partial charge in [0.25, 0.3) is 5.91 Å². The maximum Gasteiger partial charge on any atom is 0.287 e. The predicted octanol–water partition coefficient (Wildman–Crippen LogP) is 1.42. The lowest BCUT2D eigenvalue weighted by Crippen LogP contribution is -2.45. The molecule has 2 N–H and O–H groups in total. The summed E-state index contributed by atoms with van der Waals surface area (Å²) in [6.45, 7) is 1.78. The Balaban J connectivity index is 1.62. The van der Waals surface area contributed by atoms with Crippen molar-refractivity contribution in [3.63, 3.8) is 0 Å². The van der Waals surface area contributed by atoms with E-state index in [1.54, 1.807) is 35.2 Å². The van der Waals surface area contributed by atoms with Gasteiger partial charge >= 0.3 is 0 Å². The molecule has 0 saturated carbocycles. The van der Waals surface area contributed by atoms with Crippen LogP contribution in [-0.4, -0.2) is 75.9 Å². The van der Waals surface area contributed by atoms with Crippen molar-refractivity contribution in [3.05, 3.63) is 71.8 Å². The quantitative estimate of drug-likeness (QED) is 0.281. The Bertz CT molecular complexity index is 1230. The number of hydrogen-bond acceptors (Lipinski definition) is 7. The fourth-order valence-electron chi connectivity index (χ4n) is 4.47. The van der Waals surface area contributed by atoms with Gasteiger partial charge in [-0.15, -0.1) is 0 Å². The molecule has 1 unspecified atom stereocenters. The van der Waals surface area contributed by atoms with Crippen LogP contribution in [0.3, 0.4) is 0 Å². The molecule has 1 heterocycles. The maximum absolute atomic E-state index is 13.3. The van der Waals surface area contributed by atoms with Gasteiger partial charge in [-0.05, 0) is 17.5 Å². The van der Waals surface area contributed by atoms with Crippen LogP contribution in [0.25, 0.3) is 0 Å². The lowest BCUT2D eigenvalue weighted by atomic mass is 9.93. The molecule has 2 atom stereocenters. The van der Waals surface area contributed by atoms with Crippen LogP contribution in [0.2, 0.25) is 0 Å². The molecular formula is C28H35N3O7S. The number of nitrogens with one attached hydrogen (secondary N) is 2. The summed E-state index contributed by atoms with van der Waals surface area (Å²) in [7, 11) is -3.79. The van der Waals surface area contributed by atoms with E-state index in [1.807, 2.05) is 30.3 Å². The first-order valence-electron chi connectivity index (χ1n) is 12.9. The molecular weight excluding hydrogens is 522 g/mol. The van der Waals surface area contributed by atoms with E-state index in [2.05, 4.69) is 10.6 Å². The van der Waals surface area contributed by atoms with Gasteiger partial charge < -0.3 is 20.3 Å². The number of ketones is 1. The van der Waals surface area contributed by atoms with E-state index < -0.39 is 38.6 Å². The van der Waals surface area contributed by atoms with Crippen molar-refractivity contribution < 1.29 is 32.3 Å². The molecule has 1 saturated heterocycles. The third-order valence-corrected chi connectivity index (χ3v) is 8.00. The van der Waals surface area contributed by atoms with Crippen LogP contribution in [0, 0.1) is 5.92 Å². The van der Waals surface area contributed by atoms with Gasteiger partial charge in [0.15, 0.2) is 9.84 Å². The molecule has 11 heteroatoms. The summed E-state index contributed by atoms with van der Waals surface area (Å²) in [6.07, 6.45) is 0.852. The zero-order valence-electron chi connectivity index (χ0n) is 22.0. The standard InChI is InChI=1S/C28H35N3O7S/c1-39(36,37)26(22-11-6-3-7-12-22)23(19-25(33)31-15-17-38-18-16-31)27(34)29-14-8-13-24(32)28(35)30-20-21-9-4-2-5-10-21/h2-7,9-12,23,26H,8,13-20H2,1H3,(H,29,34)(H,30,35)/t23?,26-/m1/s1. The molecule has 0 aromatic heterocycles. The largest absolute Gasteiger partial charge is 0.378 e. The predicted molar refractivity (Wildman–Crippen MR) is 145 cm³/mol. The highest BCUT2D eigenvalue weighted by molar-refractivity contribution is 7.91. The summed E-state index contributed by atoms with van der Waals surface area (Å²) in [5, 5.41) is 4.03. The van der Waals surface area contributed by atoms with Gasteiger partial charge in [0.1, 0.15) is 0 Å². The molecule has 39 heavy (non-hydrogen) atoms. The molecule has 0 bridgehead atoms. The van der Waals surface area contributed by atoms with Crippen LogP contribution in [0.15, 0.2) is 60.7 Å². The van der Waals surface area contributed by atoms with Gasteiger partial charge in [-0.2, -0.15) is 0 Å². The van der Waals surface area contributed by atoms with E-state index in [4.69, 9.17) is 4.74 Å². The van der Waals surface area contributed by atoms with Crippen LogP contribution < -0.4 is 10.6 Å². The van der Waals surface area contributed by atoms with E-state index in [1.165, 1.54) is 0 Å². The number of carbonyl (C=O) groups excluding carboxylic acids is 4. The lowest BCUT2D eigenvalue weighted by Gasteiger charge is -2.30. The number of benzene rings is 2. The molecule has 0 spiro atoms. The van der Waals surface area contributed by atoms with Gasteiger partial charge in [0.2, 0.25) is 17.6 Å². The second-order valence-corrected chi connectivity index (χ2v) is 11.6. The Hall–Kier alpha value is -3.57. The fourth-order valence-corrected chi connectivity index (χ4v) is 5.94. The van der Waals surface area contributed by atoms with Gasteiger partial charge in [0, 0.05) is 45.3 Å². The maximum atomic E-state index is 13.3. The number of morpholine rings is 1. The summed E-state index contributed by atoms with van der Waals surface area (Å²) in [4.78, 5) is 52.3. The van der Waals surface area contributed by atoms with Crippen LogP contribution in [-0.2, 0) is 40.3 Å². The third kappa shape index (κ3) is 9.29. The van der Waals surface area contributed by atoms with Gasteiger partial charge in [-0.1, -0.05) is 60.7 Å². The number of carbonyl (C=O) groups is 4. The van der Waals surface area contributed by atoms with Gasteiger partial charge in [0.05, 0.1) is 24.4 Å². The van der Waals surface area contributed by atoms with Crippen LogP contribution in [0.4, 0.5) is 0 Å². The van der Waals surface area contributed by atoms with Crippen LogP contribution in [0.1, 0.15) is 35.6 Å². The normalized spacial score (nSPS) is 15.2. The Labute approximate surface area is 229 Å². The Morgan fingerprint density at radius 1 is 0.923 bits per heavy atom. The first-order valence-corrected chi connectivity index (χ1v) is 14.8. The van der Waals surface area contributed by atoms with Crippen molar-refractivity contribution in [3.8, 4) is 0 Å². The van der Waals surface area contributed by atoms with Crippen molar-refractivity contribution in [2.24, 2.45) is 5.92 Å². The lowest BCUT2D eigenvalue weighted by molar-refractivity contribution is -0.139. The zero-order valence-corrected chi connectivity index (χ0v) is 22.8. The average Bonchev–Trinajstić information content (AvgIpc) is 2.94. The third-order valence-electron chi connectivity index (χ3n) is 6.48. The highest BCUT2D eigenvalue weighted by Crippen LogP contribution is 2.33. The summed E-state index contributed by atoms with van der Waals surface area (Å²) in [5.74, 6) is -3.43. The number of ether oxygens (including phenoxy) is 1. The second-order valence-electron chi connectivity index (χ2n) is 9.45. The first kappa shape index (κ1) is 30.0. The molecule has 3 amide bonds. The molecule has 10 nitrogen and oxygen atoms in total. The summed E-state index contributed by atoms with van der Waals surface area (Å²) < 4.78 is 31.0. The monoisotopic (exact) mass is 557 g/mol. The zero-order chi connectivity index (χ0) is 28.3. The van der Waals surface area contributed by atoms with Crippen LogP contribution >= 0.6 is 0 Å². The van der Waals surface area contributed by atoms with Crippen molar-refractivity contribution in [1.29, 1.82) is 0 Å². The summed E-state index contributed by atoms with van der Waals surface area (Å²) >= 11 is 0. The minimum Gasteiger partial charge on any atom is -0.378 e. The topological polar surface area (TPSA) is 139 Å². The van der Waals surface area contributed by atoms with E-state index in [0.717, 1.165) is 11.8 Å². The summed E-state index contributed by atoms with van der Waals surface area (Å²) in [6, 6.07) is 17.5. The minimum atomic E-state index is -3.79. The van der Waals surface area contributed by atoms with Crippen molar-refractivity contribution in [2.75, 3.05) is 39.1 Å². The SMILES string of the molecule is CS(=O)(=O)[C@H](c1ccccc1)C(CC(=O)N1CCOCC1)C(=O)NCCCC(=O)C(=O)NCc1ccccc1. The number of rotatable bonds is 13.